The van der Waals surface area contributed by atoms with Crippen LogP contribution in [0.3, 0.4) is 0 Å². The molecule has 0 aliphatic carbocycles. The second-order valence-corrected chi connectivity index (χ2v) is 10.1. The predicted molar refractivity (Wildman–Crippen MR) is 150 cm³/mol. The number of anilines is 3. The van der Waals surface area contributed by atoms with Crippen molar-refractivity contribution >= 4 is 34.7 Å². The molecule has 2 aliphatic heterocycles. The Morgan fingerprint density at radius 1 is 0.921 bits per heavy atom. The van der Waals surface area contributed by atoms with Crippen LogP contribution in [-0.4, -0.2) is 78.9 Å². The van der Waals surface area contributed by atoms with E-state index in [1.54, 1.807) is 20.3 Å². The van der Waals surface area contributed by atoms with Crippen molar-refractivity contribution < 1.29 is 9.47 Å². The van der Waals surface area contributed by atoms with Crippen molar-refractivity contribution in [2.24, 2.45) is 5.73 Å². The number of hydrogen-bond acceptors (Lipinski definition) is 9. The molecule has 2 aliphatic rings. The summed E-state index contributed by atoms with van der Waals surface area (Å²) in [6, 6.07) is 10.0. The molecule has 1 aromatic carbocycles. The molecule has 2 fully saturated rings. The van der Waals surface area contributed by atoms with Crippen LogP contribution in [0.1, 0.15) is 6.42 Å². The number of benzene rings is 1. The fourth-order valence-corrected chi connectivity index (χ4v) is 5.43. The molecule has 0 radical (unpaired) electrons. The molecular formula is C27H31ClN8O2. The Bertz CT molecular complexity index is 1450. The van der Waals surface area contributed by atoms with Gasteiger partial charge in [0.2, 0.25) is 5.95 Å². The van der Waals surface area contributed by atoms with Gasteiger partial charge in [0.25, 0.3) is 0 Å². The number of nitrogens with two attached hydrogens (primary N) is 1. The Morgan fingerprint density at radius 3 is 2.45 bits per heavy atom. The monoisotopic (exact) mass is 534 g/mol. The second-order valence-electron chi connectivity index (χ2n) is 9.65. The molecule has 0 bridgehead atoms. The maximum Gasteiger partial charge on any atom is 0.227 e. The zero-order valence-corrected chi connectivity index (χ0v) is 22.3. The van der Waals surface area contributed by atoms with E-state index in [1.807, 2.05) is 35.1 Å². The number of piperazine rings is 1. The Morgan fingerprint density at radius 2 is 1.71 bits per heavy atom. The molecule has 11 heteroatoms. The van der Waals surface area contributed by atoms with Gasteiger partial charge in [-0.3, -0.25) is 0 Å². The number of hydrogen-bond donors (Lipinski definition) is 1. The van der Waals surface area contributed by atoms with Crippen molar-refractivity contribution in [1.82, 2.24) is 19.4 Å². The Labute approximate surface area is 226 Å². The van der Waals surface area contributed by atoms with Crippen molar-refractivity contribution in [3.63, 3.8) is 0 Å². The first kappa shape index (κ1) is 24.6. The summed E-state index contributed by atoms with van der Waals surface area (Å²) in [4.78, 5) is 21.1. The summed E-state index contributed by atoms with van der Waals surface area (Å²) in [5.74, 6) is 2.96. The van der Waals surface area contributed by atoms with Crippen molar-refractivity contribution in [3.05, 3.63) is 53.9 Å². The topological polar surface area (TPSA) is 97.3 Å². The molecule has 5 heterocycles. The molecule has 1 atom stereocenters. The van der Waals surface area contributed by atoms with Gasteiger partial charge in [0.15, 0.2) is 0 Å². The highest BCUT2D eigenvalue weighted by Crippen LogP contribution is 2.38. The number of halogens is 1. The van der Waals surface area contributed by atoms with Crippen molar-refractivity contribution in [3.8, 4) is 22.8 Å². The van der Waals surface area contributed by atoms with E-state index in [-0.39, 0.29) is 6.04 Å². The van der Waals surface area contributed by atoms with Crippen LogP contribution < -0.4 is 29.9 Å². The van der Waals surface area contributed by atoms with E-state index in [2.05, 4.69) is 31.8 Å². The molecule has 38 heavy (non-hydrogen) atoms. The first-order valence-electron chi connectivity index (χ1n) is 12.8. The van der Waals surface area contributed by atoms with E-state index >= 15 is 0 Å². The van der Waals surface area contributed by atoms with Crippen LogP contribution in [0.15, 0.2) is 48.9 Å². The number of nitrogens with zero attached hydrogens (tertiary/aromatic N) is 7. The summed E-state index contributed by atoms with van der Waals surface area (Å²) in [7, 11) is 3.21. The maximum absolute atomic E-state index is 6.40. The van der Waals surface area contributed by atoms with E-state index < -0.39 is 0 Å². The van der Waals surface area contributed by atoms with Gasteiger partial charge < -0.3 is 34.3 Å². The first-order chi connectivity index (χ1) is 18.5. The van der Waals surface area contributed by atoms with E-state index in [0.717, 1.165) is 80.0 Å². The quantitative estimate of drug-likeness (QED) is 0.399. The van der Waals surface area contributed by atoms with Gasteiger partial charge in [-0.2, -0.15) is 4.98 Å². The largest absolute Gasteiger partial charge is 0.496 e. The number of ether oxygens (including phenoxy) is 2. The minimum Gasteiger partial charge on any atom is -0.496 e. The maximum atomic E-state index is 6.40. The third-order valence-electron chi connectivity index (χ3n) is 7.30. The molecular weight excluding hydrogens is 504 g/mol. The van der Waals surface area contributed by atoms with Gasteiger partial charge in [0.05, 0.1) is 24.9 Å². The van der Waals surface area contributed by atoms with E-state index in [0.29, 0.717) is 16.5 Å². The number of methoxy groups -OCH3 is 2. The van der Waals surface area contributed by atoms with Gasteiger partial charge in [-0.25, -0.2) is 9.97 Å². The lowest BCUT2D eigenvalue weighted by Gasteiger charge is -2.36. The molecule has 198 valence electrons. The highest BCUT2D eigenvalue weighted by atomic mass is 35.5. The summed E-state index contributed by atoms with van der Waals surface area (Å²) >= 11 is 6.40. The van der Waals surface area contributed by atoms with Crippen molar-refractivity contribution in [2.75, 3.05) is 68.2 Å². The minimum absolute atomic E-state index is 0.219. The Balaban J connectivity index is 1.17. The van der Waals surface area contributed by atoms with E-state index in [9.17, 15) is 0 Å². The summed E-state index contributed by atoms with van der Waals surface area (Å²) in [5, 5.41) is 0.512. The smallest absolute Gasteiger partial charge is 0.227 e. The summed E-state index contributed by atoms with van der Waals surface area (Å²) in [5.41, 5.74) is 9.67. The summed E-state index contributed by atoms with van der Waals surface area (Å²) in [6.45, 7) is 5.22. The third-order valence-corrected chi connectivity index (χ3v) is 7.59. The standard InChI is InChI=1S/C27H31ClN8O2/c1-37-23-15-24(38-2)21(28)14-20(23)22-17-36-8-5-19(13-26(36)31-22)33-9-11-34(12-10-33)27-30-6-3-25(32-27)35-7-4-18(29)16-35/h3,5-6,8,13-15,17-18H,4,7,9-12,16,29H2,1-2H3. The minimum atomic E-state index is 0.219. The molecule has 2 saturated heterocycles. The van der Waals surface area contributed by atoms with Crippen molar-refractivity contribution in [2.45, 2.75) is 12.5 Å². The van der Waals surface area contributed by atoms with Gasteiger partial charge in [-0.1, -0.05) is 11.6 Å². The zero-order valence-electron chi connectivity index (χ0n) is 21.5. The molecule has 0 amide bonds. The molecule has 4 aromatic rings. The molecule has 0 saturated carbocycles. The fraction of sp³-hybridized carbons (Fsp3) is 0.370. The van der Waals surface area contributed by atoms with Crippen LogP contribution in [0.5, 0.6) is 11.5 Å². The molecule has 1 unspecified atom stereocenters. The van der Waals surface area contributed by atoms with Gasteiger partial charge in [-0.15, -0.1) is 0 Å². The highest BCUT2D eigenvalue weighted by molar-refractivity contribution is 6.32. The number of rotatable bonds is 6. The second kappa shape index (κ2) is 10.2. The average molecular weight is 535 g/mol. The predicted octanol–water partition coefficient (Wildman–Crippen LogP) is 3.33. The van der Waals surface area contributed by atoms with Crippen LogP contribution in [-0.2, 0) is 0 Å². The van der Waals surface area contributed by atoms with Crippen LogP contribution in [0, 0.1) is 0 Å². The van der Waals surface area contributed by atoms with Gasteiger partial charge in [-0.05, 0) is 24.6 Å². The molecule has 0 spiro atoms. The zero-order chi connectivity index (χ0) is 26.2. The number of imidazole rings is 1. The normalized spacial score (nSPS) is 17.9. The number of aromatic nitrogens is 4. The van der Waals surface area contributed by atoms with E-state index in [1.165, 1.54) is 0 Å². The van der Waals surface area contributed by atoms with Gasteiger partial charge in [0, 0.05) is 87.3 Å². The lowest BCUT2D eigenvalue weighted by atomic mass is 10.1. The number of pyridine rings is 1. The lowest BCUT2D eigenvalue weighted by Crippen LogP contribution is -2.47. The lowest BCUT2D eigenvalue weighted by molar-refractivity contribution is 0.395. The third kappa shape index (κ3) is 4.65. The number of fused-ring (bicyclic) bond motifs is 1. The van der Waals surface area contributed by atoms with Crippen LogP contribution in [0.25, 0.3) is 16.9 Å². The van der Waals surface area contributed by atoms with E-state index in [4.69, 9.17) is 36.8 Å². The molecule has 2 N–H and O–H groups in total. The first-order valence-corrected chi connectivity index (χ1v) is 13.1. The van der Waals surface area contributed by atoms with Crippen LogP contribution >= 0.6 is 11.6 Å². The van der Waals surface area contributed by atoms with Crippen LogP contribution in [0.4, 0.5) is 17.5 Å². The molecule has 6 rings (SSSR count). The summed E-state index contributed by atoms with van der Waals surface area (Å²) < 4.78 is 12.9. The Hall–Kier alpha value is -3.76. The SMILES string of the molecule is COc1cc(OC)c(-c2cn3ccc(N4CCN(c5nccc(N6CCC(N)C6)n5)CC4)cc3n2)cc1Cl. The van der Waals surface area contributed by atoms with Crippen LogP contribution in [0.2, 0.25) is 5.02 Å². The molecule has 3 aromatic heterocycles. The van der Waals surface area contributed by atoms with Crippen molar-refractivity contribution in [1.29, 1.82) is 0 Å². The Kier molecular flexibility index (Phi) is 6.59. The molecule has 10 nitrogen and oxygen atoms in total. The van der Waals surface area contributed by atoms with Gasteiger partial charge >= 0.3 is 0 Å². The average Bonchev–Trinajstić information content (AvgIpc) is 3.59. The summed E-state index contributed by atoms with van der Waals surface area (Å²) in [6.07, 6.45) is 6.87. The fourth-order valence-electron chi connectivity index (χ4n) is 5.19. The highest BCUT2D eigenvalue weighted by Gasteiger charge is 2.24. The van der Waals surface area contributed by atoms with Gasteiger partial charge in [0.1, 0.15) is 23.0 Å².